The van der Waals surface area contributed by atoms with Crippen LogP contribution in [0.2, 0.25) is 0 Å². The molecule has 0 nitrogen and oxygen atoms in total. The highest BCUT2D eigenvalue weighted by atomic mass is 79.9. The molecule has 3 heteroatoms. The molecule has 20 heavy (non-hydrogen) atoms. The Bertz CT molecular complexity index is 564. The van der Waals surface area contributed by atoms with Crippen molar-refractivity contribution in [2.75, 3.05) is 0 Å². The zero-order valence-corrected chi connectivity index (χ0v) is 14.5. The lowest BCUT2D eigenvalue weighted by Gasteiger charge is -2.13. The first-order valence-corrected chi connectivity index (χ1v) is 8.50. The van der Waals surface area contributed by atoms with Gasteiger partial charge in [-0.25, -0.2) is 4.39 Å². The summed E-state index contributed by atoms with van der Waals surface area (Å²) in [4.78, 5) is -0.125. The van der Waals surface area contributed by atoms with Crippen LogP contribution in [-0.2, 0) is 6.42 Å². The summed E-state index contributed by atoms with van der Waals surface area (Å²) in [6.07, 6.45) is 3.51. The number of halogens is 3. The van der Waals surface area contributed by atoms with Gasteiger partial charge in [-0.3, -0.25) is 0 Å². The average molecular weight is 400 g/mol. The summed E-state index contributed by atoms with van der Waals surface area (Å²) in [5, 5.41) is 0. The first-order chi connectivity index (χ1) is 9.61. The van der Waals surface area contributed by atoms with E-state index < -0.39 is 0 Å². The van der Waals surface area contributed by atoms with Crippen molar-refractivity contribution in [2.24, 2.45) is 0 Å². The average Bonchev–Trinajstić information content (AvgIpc) is 2.47. The van der Waals surface area contributed by atoms with E-state index in [1.807, 2.05) is 6.07 Å². The second-order valence-corrected chi connectivity index (χ2v) is 6.70. The van der Waals surface area contributed by atoms with Crippen LogP contribution >= 0.6 is 31.9 Å². The summed E-state index contributed by atoms with van der Waals surface area (Å²) in [6.45, 7) is 2.19. The van der Waals surface area contributed by atoms with Crippen LogP contribution in [0.5, 0.6) is 0 Å². The molecule has 0 aliphatic heterocycles. The van der Waals surface area contributed by atoms with Crippen molar-refractivity contribution in [1.82, 2.24) is 0 Å². The predicted octanol–water partition coefficient (Wildman–Crippen LogP) is 6.42. The van der Waals surface area contributed by atoms with E-state index in [1.165, 1.54) is 24.5 Å². The number of rotatable bonds is 5. The van der Waals surface area contributed by atoms with Crippen LogP contribution < -0.4 is 0 Å². The normalized spacial score (nSPS) is 12.4. The van der Waals surface area contributed by atoms with Crippen LogP contribution in [0.4, 0.5) is 4.39 Å². The molecular weight excluding hydrogens is 383 g/mol. The molecule has 0 spiro atoms. The van der Waals surface area contributed by atoms with Crippen LogP contribution in [0.3, 0.4) is 0 Å². The molecule has 0 amide bonds. The van der Waals surface area contributed by atoms with Gasteiger partial charge in [0.05, 0.1) is 4.83 Å². The molecule has 0 saturated carbocycles. The maximum atomic E-state index is 13.9. The van der Waals surface area contributed by atoms with Crippen LogP contribution in [0.15, 0.2) is 46.9 Å². The lowest BCUT2D eigenvalue weighted by Crippen LogP contribution is -1.97. The Morgan fingerprint density at radius 2 is 1.80 bits per heavy atom. The van der Waals surface area contributed by atoms with Crippen molar-refractivity contribution in [3.05, 3.63) is 69.4 Å². The highest BCUT2D eigenvalue weighted by Crippen LogP contribution is 2.34. The molecule has 2 aromatic rings. The van der Waals surface area contributed by atoms with Gasteiger partial charge in [0.2, 0.25) is 0 Å². The van der Waals surface area contributed by atoms with E-state index in [2.05, 4.69) is 63.0 Å². The van der Waals surface area contributed by atoms with Gasteiger partial charge in [0.15, 0.2) is 0 Å². The van der Waals surface area contributed by atoms with Gasteiger partial charge in [0, 0.05) is 10.0 Å². The van der Waals surface area contributed by atoms with E-state index in [-0.39, 0.29) is 10.6 Å². The van der Waals surface area contributed by atoms with Crippen LogP contribution in [-0.4, -0.2) is 0 Å². The summed E-state index contributed by atoms with van der Waals surface area (Å²) in [5.74, 6) is -0.190. The molecule has 0 aliphatic rings. The SMILES string of the molecule is CCCCc1ccc(C(Br)c2cc(Br)ccc2F)cc1. The zero-order chi connectivity index (χ0) is 14.5. The molecule has 0 saturated heterocycles. The van der Waals surface area contributed by atoms with E-state index in [9.17, 15) is 4.39 Å². The predicted molar refractivity (Wildman–Crippen MR) is 89.9 cm³/mol. The third kappa shape index (κ3) is 3.92. The monoisotopic (exact) mass is 398 g/mol. The van der Waals surface area contributed by atoms with Crippen molar-refractivity contribution in [2.45, 2.75) is 31.0 Å². The molecule has 0 aromatic heterocycles. The topological polar surface area (TPSA) is 0 Å². The van der Waals surface area contributed by atoms with Gasteiger partial charge in [-0.2, -0.15) is 0 Å². The van der Waals surface area contributed by atoms with E-state index in [0.29, 0.717) is 5.56 Å². The molecule has 2 rings (SSSR count). The maximum absolute atomic E-state index is 13.9. The summed E-state index contributed by atoms with van der Waals surface area (Å²) in [7, 11) is 0. The Labute approximate surface area is 136 Å². The molecule has 0 fully saturated rings. The summed E-state index contributed by atoms with van der Waals surface area (Å²) >= 11 is 6.99. The van der Waals surface area contributed by atoms with Crippen LogP contribution in [0.1, 0.15) is 41.3 Å². The molecule has 1 atom stereocenters. The largest absolute Gasteiger partial charge is 0.207 e. The van der Waals surface area contributed by atoms with Crippen LogP contribution in [0.25, 0.3) is 0 Å². The second-order valence-electron chi connectivity index (χ2n) is 4.87. The van der Waals surface area contributed by atoms with Crippen molar-refractivity contribution < 1.29 is 4.39 Å². The zero-order valence-electron chi connectivity index (χ0n) is 11.4. The molecule has 2 aromatic carbocycles. The van der Waals surface area contributed by atoms with Gasteiger partial charge in [0.1, 0.15) is 5.82 Å². The van der Waals surface area contributed by atoms with E-state index in [4.69, 9.17) is 0 Å². The molecule has 1 unspecified atom stereocenters. The van der Waals surface area contributed by atoms with Crippen molar-refractivity contribution in [3.63, 3.8) is 0 Å². The third-order valence-corrected chi connectivity index (χ3v) is 4.84. The number of hydrogen-bond donors (Lipinski definition) is 0. The molecule has 0 N–H and O–H groups in total. The molecule has 0 aliphatic carbocycles. The van der Waals surface area contributed by atoms with E-state index in [1.54, 1.807) is 6.07 Å². The highest BCUT2D eigenvalue weighted by Gasteiger charge is 2.15. The molecule has 0 heterocycles. The van der Waals surface area contributed by atoms with Gasteiger partial charge in [0.25, 0.3) is 0 Å². The van der Waals surface area contributed by atoms with Gasteiger partial charge in [-0.15, -0.1) is 0 Å². The lowest BCUT2D eigenvalue weighted by atomic mass is 10.0. The van der Waals surface area contributed by atoms with Crippen molar-refractivity contribution in [1.29, 1.82) is 0 Å². The lowest BCUT2D eigenvalue weighted by molar-refractivity contribution is 0.613. The second kappa shape index (κ2) is 7.37. The van der Waals surface area contributed by atoms with Crippen molar-refractivity contribution in [3.8, 4) is 0 Å². The molecule has 0 radical (unpaired) electrons. The first kappa shape index (κ1) is 15.7. The standard InChI is InChI=1S/C17H17Br2F/c1-2-3-4-12-5-7-13(8-6-12)17(19)15-11-14(18)9-10-16(15)20/h5-11,17H,2-4H2,1H3. The molecule has 106 valence electrons. The Morgan fingerprint density at radius 3 is 2.45 bits per heavy atom. The molecular formula is C17H17Br2F. The van der Waals surface area contributed by atoms with E-state index in [0.717, 1.165) is 16.5 Å². The highest BCUT2D eigenvalue weighted by molar-refractivity contribution is 9.10. The van der Waals surface area contributed by atoms with Gasteiger partial charge >= 0.3 is 0 Å². The number of alkyl halides is 1. The quantitative estimate of drug-likeness (QED) is 0.509. The summed E-state index contributed by atoms with van der Waals surface area (Å²) in [5.41, 5.74) is 3.06. The van der Waals surface area contributed by atoms with Crippen molar-refractivity contribution >= 4 is 31.9 Å². The van der Waals surface area contributed by atoms with Gasteiger partial charge in [-0.05, 0) is 42.2 Å². The molecule has 0 bridgehead atoms. The van der Waals surface area contributed by atoms with Gasteiger partial charge < -0.3 is 0 Å². The van der Waals surface area contributed by atoms with E-state index >= 15 is 0 Å². The number of aryl methyl sites for hydroxylation is 1. The Hall–Kier alpha value is -0.670. The minimum Gasteiger partial charge on any atom is -0.207 e. The number of hydrogen-bond acceptors (Lipinski definition) is 0. The Morgan fingerprint density at radius 1 is 1.10 bits per heavy atom. The summed E-state index contributed by atoms with van der Waals surface area (Å²) in [6, 6.07) is 13.4. The summed E-state index contributed by atoms with van der Waals surface area (Å²) < 4.78 is 14.8. The smallest absolute Gasteiger partial charge is 0.127 e. The Balaban J connectivity index is 2.20. The fourth-order valence-electron chi connectivity index (χ4n) is 2.12. The van der Waals surface area contributed by atoms with Gasteiger partial charge in [-0.1, -0.05) is 69.5 Å². The van der Waals surface area contributed by atoms with Crippen LogP contribution in [0, 0.1) is 5.82 Å². The number of unbranched alkanes of at least 4 members (excludes halogenated alkanes) is 1. The first-order valence-electron chi connectivity index (χ1n) is 6.79. The minimum absolute atomic E-state index is 0.125. The number of benzene rings is 2. The maximum Gasteiger partial charge on any atom is 0.127 e. The Kier molecular flexibility index (Phi) is 5.79. The fourth-order valence-corrected chi connectivity index (χ4v) is 3.16. The minimum atomic E-state index is -0.190. The fraction of sp³-hybridized carbons (Fsp3) is 0.294. The third-order valence-electron chi connectivity index (χ3n) is 3.32.